The molecule has 1 aliphatic rings. The Kier molecular flexibility index (Phi) is 9.51. The zero-order chi connectivity index (χ0) is 23.8. The van der Waals surface area contributed by atoms with Gasteiger partial charge in [-0.05, 0) is 25.2 Å². The number of hydrogen-bond donors (Lipinski definition) is 6. The van der Waals surface area contributed by atoms with Crippen molar-refractivity contribution in [2.75, 3.05) is 12.3 Å². The molecule has 1 aliphatic heterocycles. The van der Waals surface area contributed by atoms with E-state index >= 15 is 0 Å². The summed E-state index contributed by atoms with van der Waals surface area (Å²) < 4.78 is 0. The third-order valence-corrected chi connectivity index (χ3v) is 5.66. The first-order chi connectivity index (χ1) is 15.1. The summed E-state index contributed by atoms with van der Waals surface area (Å²) in [6, 6.07) is -3.74. The summed E-state index contributed by atoms with van der Waals surface area (Å²) in [5.41, 5.74) is 6.56. The highest BCUT2D eigenvalue weighted by Gasteiger charge is 2.38. The number of aliphatic carboxylic acids is 1. The van der Waals surface area contributed by atoms with Crippen LogP contribution in [0.25, 0.3) is 0 Å². The fraction of sp³-hybridized carbons (Fsp3) is 0.650. The van der Waals surface area contributed by atoms with Crippen LogP contribution in [0.3, 0.4) is 0 Å². The first-order valence-corrected chi connectivity index (χ1v) is 11.2. The molecule has 0 spiro atoms. The van der Waals surface area contributed by atoms with Gasteiger partial charge in [-0.15, -0.1) is 0 Å². The van der Waals surface area contributed by atoms with Gasteiger partial charge in [0.2, 0.25) is 17.7 Å². The summed E-state index contributed by atoms with van der Waals surface area (Å²) in [6.07, 6.45) is 4.48. The molecule has 2 heterocycles. The number of likely N-dealkylation sites (tertiary alicyclic amines) is 1. The quantitative estimate of drug-likeness (QED) is 0.233. The van der Waals surface area contributed by atoms with Crippen molar-refractivity contribution < 1.29 is 24.3 Å². The van der Waals surface area contributed by atoms with E-state index in [1.54, 1.807) is 0 Å². The second kappa shape index (κ2) is 11.9. The highest BCUT2D eigenvalue weighted by molar-refractivity contribution is 7.80. The number of nitrogens with one attached hydrogen (secondary N) is 3. The minimum atomic E-state index is -1.08. The van der Waals surface area contributed by atoms with Crippen molar-refractivity contribution in [2.24, 2.45) is 11.7 Å². The molecule has 0 bridgehead atoms. The van der Waals surface area contributed by atoms with E-state index in [4.69, 9.17) is 5.73 Å². The van der Waals surface area contributed by atoms with E-state index in [0.717, 1.165) is 0 Å². The predicted molar refractivity (Wildman–Crippen MR) is 120 cm³/mol. The van der Waals surface area contributed by atoms with Gasteiger partial charge in [0, 0.05) is 30.6 Å². The number of thiol groups is 1. The molecule has 0 saturated carbocycles. The SMILES string of the molecule is CC(C)CC(N)C(=O)NC(Cc1cnc[nH]1)C(=O)NC(CS)C(=O)N1CCCC1C(=O)O. The minimum Gasteiger partial charge on any atom is -0.480 e. The van der Waals surface area contributed by atoms with Crippen LogP contribution in [0, 0.1) is 5.92 Å². The molecule has 178 valence electrons. The van der Waals surface area contributed by atoms with E-state index < -0.39 is 47.9 Å². The number of imidazole rings is 1. The molecule has 4 unspecified atom stereocenters. The summed E-state index contributed by atoms with van der Waals surface area (Å²) in [6.45, 7) is 4.18. The number of H-pyrrole nitrogens is 1. The van der Waals surface area contributed by atoms with Gasteiger partial charge in [-0.3, -0.25) is 14.4 Å². The highest BCUT2D eigenvalue weighted by Crippen LogP contribution is 2.19. The summed E-state index contributed by atoms with van der Waals surface area (Å²) in [5, 5.41) is 14.6. The molecule has 0 radical (unpaired) electrons. The second-order valence-electron chi connectivity index (χ2n) is 8.35. The predicted octanol–water partition coefficient (Wildman–Crippen LogP) is -0.699. The molecule has 1 saturated heterocycles. The van der Waals surface area contributed by atoms with Crippen LogP contribution in [0.5, 0.6) is 0 Å². The molecule has 12 heteroatoms. The number of nitrogens with two attached hydrogens (primary N) is 1. The van der Waals surface area contributed by atoms with Crippen molar-refractivity contribution in [3.8, 4) is 0 Å². The average molecular weight is 469 g/mol. The Morgan fingerprint density at radius 3 is 2.53 bits per heavy atom. The number of carboxylic acid groups (broad SMARTS) is 1. The Labute approximate surface area is 192 Å². The van der Waals surface area contributed by atoms with Crippen LogP contribution in [-0.4, -0.2) is 80.1 Å². The maximum absolute atomic E-state index is 13.0. The molecule has 3 amide bonds. The summed E-state index contributed by atoms with van der Waals surface area (Å²) in [4.78, 5) is 57.9. The number of aromatic nitrogens is 2. The van der Waals surface area contributed by atoms with Gasteiger partial charge in [0.05, 0.1) is 12.4 Å². The molecule has 6 N–H and O–H groups in total. The van der Waals surface area contributed by atoms with E-state index in [0.29, 0.717) is 31.5 Å². The molecular formula is C20H32N6O5S. The number of amides is 3. The number of carbonyl (C=O) groups excluding carboxylic acids is 3. The minimum absolute atomic E-state index is 0.0228. The van der Waals surface area contributed by atoms with Gasteiger partial charge in [-0.2, -0.15) is 12.6 Å². The van der Waals surface area contributed by atoms with Gasteiger partial charge < -0.3 is 31.4 Å². The number of aromatic amines is 1. The third-order valence-electron chi connectivity index (χ3n) is 5.29. The Morgan fingerprint density at radius 2 is 1.97 bits per heavy atom. The summed E-state index contributed by atoms with van der Waals surface area (Å²) in [5.74, 6) is -2.49. The number of nitrogens with zero attached hydrogens (tertiary/aromatic N) is 2. The van der Waals surface area contributed by atoms with Crippen LogP contribution >= 0.6 is 12.6 Å². The zero-order valence-corrected chi connectivity index (χ0v) is 19.2. The first kappa shape index (κ1) is 25.7. The fourth-order valence-corrected chi connectivity index (χ4v) is 3.91. The Hall–Kier alpha value is -2.60. The lowest BCUT2D eigenvalue weighted by Gasteiger charge is -2.28. The van der Waals surface area contributed by atoms with Crippen molar-refractivity contribution in [3.05, 3.63) is 18.2 Å². The maximum Gasteiger partial charge on any atom is 0.326 e. The molecule has 32 heavy (non-hydrogen) atoms. The number of rotatable bonds is 11. The van der Waals surface area contributed by atoms with Gasteiger partial charge >= 0.3 is 5.97 Å². The molecule has 0 aromatic carbocycles. The monoisotopic (exact) mass is 468 g/mol. The first-order valence-electron chi connectivity index (χ1n) is 10.6. The average Bonchev–Trinajstić information content (AvgIpc) is 3.42. The normalized spacial score (nSPS) is 18.8. The molecule has 0 aliphatic carbocycles. The third kappa shape index (κ3) is 6.95. The lowest BCUT2D eigenvalue weighted by atomic mass is 10.0. The zero-order valence-electron chi connectivity index (χ0n) is 18.3. The van der Waals surface area contributed by atoms with Crippen molar-refractivity contribution in [1.82, 2.24) is 25.5 Å². The summed E-state index contributed by atoms with van der Waals surface area (Å²) >= 11 is 4.17. The van der Waals surface area contributed by atoms with Gasteiger partial charge in [0.15, 0.2) is 0 Å². The van der Waals surface area contributed by atoms with Crippen LogP contribution < -0.4 is 16.4 Å². The topological polar surface area (TPSA) is 171 Å². The van der Waals surface area contributed by atoms with E-state index in [1.165, 1.54) is 17.4 Å². The van der Waals surface area contributed by atoms with E-state index in [2.05, 4.69) is 33.2 Å². The van der Waals surface area contributed by atoms with E-state index in [9.17, 15) is 24.3 Å². The van der Waals surface area contributed by atoms with Gasteiger partial charge in [-0.25, -0.2) is 9.78 Å². The number of carboxylic acids is 1. The molecule has 1 aromatic heterocycles. The molecule has 1 fully saturated rings. The van der Waals surface area contributed by atoms with Crippen LogP contribution in [0.2, 0.25) is 0 Å². The van der Waals surface area contributed by atoms with Crippen LogP contribution in [0.4, 0.5) is 0 Å². The molecule has 2 rings (SSSR count). The number of hydrogen-bond acceptors (Lipinski definition) is 7. The Balaban J connectivity index is 2.11. The molecule has 4 atom stereocenters. The Bertz CT molecular complexity index is 802. The van der Waals surface area contributed by atoms with Crippen LogP contribution in [-0.2, 0) is 25.6 Å². The molecule has 11 nitrogen and oxygen atoms in total. The van der Waals surface area contributed by atoms with Crippen molar-refractivity contribution in [2.45, 2.75) is 63.7 Å². The largest absolute Gasteiger partial charge is 0.480 e. The molecule has 1 aromatic rings. The Morgan fingerprint density at radius 1 is 1.28 bits per heavy atom. The lowest BCUT2D eigenvalue weighted by molar-refractivity contribution is -0.149. The van der Waals surface area contributed by atoms with Crippen LogP contribution in [0.1, 0.15) is 38.8 Å². The van der Waals surface area contributed by atoms with Crippen molar-refractivity contribution in [3.63, 3.8) is 0 Å². The van der Waals surface area contributed by atoms with Crippen molar-refractivity contribution >= 4 is 36.3 Å². The standard InChI is InChI=1S/C20H32N6O5S/c1-11(2)6-13(21)17(27)24-14(7-12-8-22-10-23-12)18(28)25-15(9-32)19(29)26-5-3-4-16(26)20(30)31/h8,10-11,13-16,32H,3-7,9,21H2,1-2H3,(H,22,23)(H,24,27)(H,25,28)(H,30,31). The van der Waals surface area contributed by atoms with Gasteiger partial charge in [0.1, 0.15) is 18.1 Å². The van der Waals surface area contributed by atoms with Crippen molar-refractivity contribution in [1.29, 1.82) is 0 Å². The smallest absolute Gasteiger partial charge is 0.326 e. The molecular weight excluding hydrogens is 436 g/mol. The second-order valence-corrected chi connectivity index (χ2v) is 8.71. The maximum atomic E-state index is 13.0. The van der Waals surface area contributed by atoms with Crippen LogP contribution in [0.15, 0.2) is 12.5 Å². The summed E-state index contributed by atoms with van der Waals surface area (Å²) in [7, 11) is 0. The number of carbonyl (C=O) groups is 4. The van der Waals surface area contributed by atoms with Gasteiger partial charge in [0.25, 0.3) is 0 Å². The van der Waals surface area contributed by atoms with Gasteiger partial charge in [-0.1, -0.05) is 13.8 Å². The fourth-order valence-electron chi connectivity index (χ4n) is 3.66. The van der Waals surface area contributed by atoms with E-state index in [-0.39, 0.29) is 18.1 Å². The lowest BCUT2D eigenvalue weighted by Crippen LogP contribution is -2.58. The highest BCUT2D eigenvalue weighted by atomic mass is 32.1. The van der Waals surface area contributed by atoms with E-state index in [1.807, 2.05) is 13.8 Å².